The summed E-state index contributed by atoms with van der Waals surface area (Å²) in [6.45, 7) is 3.66. The third kappa shape index (κ3) is 4.29. The van der Waals surface area contributed by atoms with Crippen molar-refractivity contribution in [2.24, 2.45) is 7.05 Å². The average molecular weight is 393 g/mol. The largest absolute Gasteiger partial charge is 0.312 e. The first-order valence-electron chi connectivity index (χ1n) is 6.42. The van der Waals surface area contributed by atoms with Crippen LogP contribution in [-0.4, -0.2) is 24.7 Å². The lowest BCUT2D eigenvalue weighted by Gasteiger charge is -2.04. The maximum absolute atomic E-state index is 12.4. The standard InChI is InChI=1S/C12H17BrN4O2S2/c1-3-4-14-7-10-5-11(12(13)20-10)21(18,19)16-9-6-15-17(2)8-9/h5-6,8,14,16H,3-4,7H2,1-2H3. The van der Waals surface area contributed by atoms with Gasteiger partial charge in [0.15, 0.2) is 0 Å². The highest BCUT2D eigenvalue weighted by atomic mass is 79.9. The molecule has 2 N–H and O–H groups in total. The minimum Gasteiger partial charge on any atom is -0.312 e. The normalized spacial score (nSPS) is 11.8. The van der Waals surface area contributed by atoms with E-state index in [1.807, 2.05) is 0 Å². The zero-order chi connectivity index (χ0) is 15.5. The number of thiophene rings is 1. The summed E-state index contributed by atoms with van der Waals surface area (Å²) in [7, 11) is -1.88. The lowest BCUT2D eigenvalue weighted by molar-refractivity contribution is 0.601. The van der Waals surface area contributed by atoms with Gasteiger partial charge in [0.05, 0.1) is 15.7 Å². The van der Waals surface area contributed by atoms with Crippen LogP contribution in [0.25, 0.3) is 0 Å². The smallest absolute Gasteiger partial charge is 0.263 e. The van der Waals surface area contributed by atoms with Crippen molar-refractivity contribution >= 4 is 43.0 Å². The van der Waals surface area contributed by atoms with Crippen LogP contribution in [-0.2, 0) is 23.6 Å². The van der Waals surface area contributed by atoms with Gasteiger partial charge in [-0.25, -0.2) is 8.42 Å². The molecule has 116 valence electrons. The Hall–Kier alpha value is -0.900. The van der Waals surface area contributed by atoms with Gasteiger partial charge in [0, 0.05) is 24.7 Å². The molecule has 0 unspecified atom stereocenters. The molecule has 0 saturated heterocycles. The van der Waals surface area contributed by atoms with Crippen LogP contribution in [0.1, 0.15) is 18.2 Å². The number of nitrogens with zero attached hydrogens (tertiary/aromatic N) is 2. The van der Waals surface area contributed by atoms with Gasteiger partial charge in [-0.15, -0.1) is 11.3 Å². The monoisotopic (exact) mass is 392 g/mol. The molecule has 21 heavy (non-hydrogen) atoms. The molecule has 0 aliphatic heterocycles. The Morgan fingerprint density at radius 1 is 1.48 bits per heavy atom. The molecule has 0 aliphatic rings. The maximum atomic E-state index is 12.4. The SMILES string of the molecule is CCCNCc1cc(S(=O)(=O)Nc2cnn(C)c2)c(Br)s1. The topological polar surface area (TPSA) is 76.0 Å². The Labute approximate surface area is 136 Å². The van der Waals surface area contributed by atoms with Crippen LogP contribution in [0.2, 0.25) is 0 Å². The fourth-order valence-electron chi connectivity index (χ4n) is 1.74. The van der Waals surface area contributed by atoms with Gasteiger partial charge < -0.3 is 5.32 Å². The number of anilines is 1. The summed E-state index contributed by atoms with van der Waals surface area (Å²) in [5.74, 6) is 0. The fraction of sp³-hybridized carbons (Fsp3) is 0.417. The number of rotatable bonds is 7. The molecular formula is C12H17BrN4O2S2. The molecule has 0 aromatic carbocycles. The summed E-state index contributed by atoms with van der Waals surface area (Å²) >= 11 is 4.75. The lowest BCUT2D eigenvalue weighted by atomic mass is 10.4. The molecule has 0 atom stereocenters. The zero-order valence-electron chi connectivity index (χ0n) is 11.8. The highest BCUT2D eigenvalue weighted by Crippen LogP contribution is 2.32. The highest BCUT2D eigenvalue weighted by Gasteiger charge is 2.21. The molecule has 2 rings (SSSR count). The van der Waals surface area contributed by atoms with E-state index in [1.165, 1.54) is 17.5 Å². The highest BCUT2D eigenvalue weighted by molar-refractivity contribution is 9.11. The Kier molecular flexibility index (Phi) is 5.42. The Morgan fingerprint density at radius 3 is 2.86 bits per heavy atom. The van der Waals surface area contributed by atoms with Crippen molar-refractivity contribution in [1.82, 2.24) is 15.1 Å². The first kappa shape index (κ1) is 16.5. The van der Waals surface area contributed by atoms with Crippen LogP contribution in [0, 0.1) is 0 Å². The number of halogens is 1. The van der Waals surface area contributed by atoms with Gasteiger partial charge >= 0.3 is 0 Å². The summed E-state index contributed by atoms with van der Waals surface area (Å²) in [6, 6.07) is 1.69. The van der Waals surface area contributed by atoms with Crippen molar-refractivity contribution < 1.29 is 8.42 Å². The van der Waals surface area contributed by atoms with Crippen molar-refractivity contribution in [1.29, 1.82) is 0 Å². The van der Waals surface area contributed by atoms with Crippen molar-refractivity contribution in [3.8, 4) is 0 Å². The van der Waals surface area contributed by atoms with Crippen LogP contribution in [0.4, 0.5) is 5.69 Å². The van der Waals surface area contributed by atoms with E-state index < -0.39 is 10.0 Å². The van der Waals surface area contributed by atoms with E-state index >= 15 is 0 Å². The van der Waals surface area contributed by atoms with Crippen LogP contribution >= 0.6 is 27.3 Å². The van der Waals surface area contributed by atoms with Gasteiger partial charge in [0.1, 0.15) is 4.90 Å². The first-order chi connectivity index (χ1) is 9.92. The molecule has 0 fully saturated rings. The number of hydrogen-bond donors (Lipinski definition) is 2. The average Bonchev–Trinajstić information content (AvgIpc) is 2.96. The zero-order valence-corrected chi connectivity index (χ0v) is 15.0. The Balaban J connectivity index is 2.16. The number of sulfonamides is 1. The molecule has 6 nitrogen and oxygen atoms in total. The second-order valence-corrected chi connectivity index (χ2v) is 8.64. The summed E-state index contributed by atoms with van der Waals surface area (Å²) in [6.07, 6.45) is 4.13. The van der Waals surface area contributed by atoms with E-state index in [4.69, 9.17) is 0 Å². The fourth-order valence-corrected chi connectivity index (χ4v) is 5.42. The van der Waals surface area contributed by atoms with Gasteiger partial charge in [-0.1, -0.05) is 6.92 Å². The quantitative estimate of drug-likeness (QED) is 0.709. The third-order valence-electron chi connectivity index (χ3n) is 2.68. The van der Waals surface area contributed by atoms with E-state index in [0.717, 1.165) is 17.8 Å². The predicted molar refractivity (Wildman–Crippen MR) is 88.0 cm³/mol. The van der Waals surface area contributed by atoms with Gasteiger partial charge in [0.2, 0.25) is 0 Å². The van der Waals surface area contributed by atoms with E-state index in [0.29, 0.717) is 16.0 Å². The van der Waals surface area contributed by atoms with Gasteiger partial charge in [-0.2, -0.15) is 5.10 Å². The number of nitrogens with one attached hydrogen (secondary N) is 2. The minimum absolute atomic E-state index is 0.254. The number of aromatic nitrogens is 2. The molecule has 9 heteroatoms. The second-order valence-electron chi connectivity index (χ2n) is 4.54. The summed E-state index contributed by atoms with van der Waals surface area (Å²) in [5.41, 5.74) is 0.446. The molecule has 0 amide bonds. The van der Waals surface area contributed by atoms with Crippen molar-refractivity contribution in [2.45, 2.75) is 24.8 Å². The van der Waals surface area contributed by atoms with E-state index in [-0.39, 0.29) is 4.90 Å². The first-order valence-corrected chi connectivity index (χ1v) is 9.52. The minimum atomic E-state index is -3.61. The molecule has 2 aromatic heterocycles. The molecule has 0 radical (unpaired) electrons. The lowest BCUT2D eigenvalue weighted by Crippen LogP contribution is -2.13. The van der Waals surface area contributed by atoms with Gasteiger partial charge in [-0.05, 0) is 35.0 Å². The summed E-state index contributed by atoms with van der Waals surface area (Å²) in [4.78, 5) is 1.23. The van der Waals surface area contributed by atoms with Crippen LogP contribution in [0.15, 0.2) is 27.1 Å². The summed E-state index contributed by atoms with van der Waals surface area (Å²) in [5, 5.41) is 7.20. The Bertz CT molecular complexity index is 709. The van der Waals surface area contributed by atoms with E-state index in [9.17, 15) is 8.42 Å². The molecule has 2 heterocycles. The van der Waals surface area contributed by atoms with Gasteiger partial charge in [-0.3, -0.25) is 9.40 Å². The van der Waals surface area contributed by atoms with Crippen molar-refractivity contribution in [3.63, 3.8) is 0 Å². The molecule has 0 spiro atoms. The second kappa shape index (κ2) is 6.91. The van der Waals surface area contributed by atoms with Crippen LogP contribution < -0.4 is 10.0 Å². The molecule has 2 aromatic rings. The van der Waals surface area contributed by atoms with Crippen LogP contribution in [0.3, 0.4) is 0 Å². The molecule has 0 bridgehead atoms. The predicted octanol–water partition coefficient (Wildman–Crippen LogP) is 2.54. The van der Waals surface area contributed by atoms with Crippen molar-refractivity contribution in [2.75, 3.05) is 11.3 Å². The van der Waals surface area contributed by atoms with E-state index in [1.54, 1.807) is 24.0 Å². The molecule has 0 saturated carbocycles. The molecular weight excluding hydrogens is 376 g/mol. The Morgan fingerprint density at radius 2 is 2.24 bits per heavy atom. The maximum Gasteiger partial charge on any atom is 0.263 e. The number of hydrogen-bond acceptors (Lipinski definition) is 5. The third-order valence-corrected chi connectivity index (χ3v) is 6.31. The number of aryl methyl sites for hydroxylation is 1. The van der Waals surface area contributed by atoms with Gasteiger partial charge in [0.25, 0.3) is 10.0 Å². The van der Waals surface area contributed by atoms with Crippen LogP contribution in [0.5, 0.6) is 0 Å². The van der Waals surface area contributed by atoms with E-state index in [2.05, 4.69) is 38.0 Å². The van der Waals surface area contributed by atoms with Crippen molar-refractivity contribution in [3.05, 3.63) is 27.1 Å². The summed E-state index contributed by atoms with van der Waals surface area (Å²) < 4.78 is 29.4. The molecule has 0 aliphatic carbocycles.